The van der Waals surface area contributed by atoms with Crippen LogP contribution in [-0.2, 0) is 22.1 Å². The minimum absolute atomic E-state index is 0.0880. The van der Waals surface area contributed by atoms with Crippen LogP contribution in [0.1, 0.15) is 0 Å². The molecular weight excluding hydrogens is 375 g/mol. The molecule has 0 aromatic heterocycles. The zero-order valence-corrected chi connectivity index (χ0v) is 17.8. The van der Waals surface area contributed by atoms with Gasteiger partial charge in [-0.1, -0.05) is 0 Å². The molecule has 0 nitrogen and oxygen atoms in total. The Kier molecular flexibility index (Phi) is 6.39. The summed E-state index contributed by atoms with van der Waals surface area (Å²) in [6, 6.07) is 0. The molecule has 0 spiro atoms. The molecule has 72 valence electrons. The number of rotatable bonds is 4. The first-order chi connectivity index (χ1) is 5.39. The fraction of sp³-hybridized carbons (Fsp3) is 1.00. The molecule has 0 unspecified atom stereocenters. The third-order valence-corrected chi connectivity index (χ3v) is 150. The molecule has 0 radical (unpaired) electrons. The first-order valence-corrected chi connectivity index (χ1v) is 28.4. The van der Waals surface area contributed by atoms with E-state index in [1.165, 1.54) is 0 Å². The molecular formula is C7H24HfSi4. The van der Waals surface area contributed by atoms with Crippen molar-refractivity contribution in [3.8, 4) is 0 Å². The van der Waals surface area contributed by atoms with Crippen LogP contribution in [0.5, 0.6) is 0 Å². The van der Waals surface area contributed by atoms with Gasteiger partial charge in [0.2, 0.25) is 0 Å². The maximum atomic E-state index is 2.69. The van der Waals surface area contributed by atoms with Crippen LogP contribution in [0.15, 0.2) is 0 Å². The Morgan fingerprint density at radius 1 is 0.750 bits per heavy atom. The van der Waals surface area contributed by atoms with E-state index in [1.807, 2.05) is 0 Å². The SMILES string of the molecule is [CH3][Hf][Si]([SiH](C)C)([SiH](C)C)[SiH](C)C. The van der Waals surface area contributed by atoms with Gasteiger partial charge in [0, 0.05) is 0 Å². The van der Waals surface area contributed by atoms with E-state index in [4.69, 9.17) is 0 Å². The zero-order chi connectivity index (χ0) is 9.94. The van der Waals surface area contributed by atoms with Gasteiger partial charge < -0.3 is 0 Å². The summed E-state index contributed by atoms with van der Waals surface area (Å²) in [5, 5.41) is 0. The summed E-state index contributed by atoms with van der Waals surface area (Å²) in [5.41, 5.74) is 0. The third-order valence-electron chi connectivity index (χ3n) is 3.30. The van der Waals surface area contributed by atoms with Crippen molar-refractivity contribution in [3.63, 3.8) is 0 Å². The van der Waals surface area contributed by atoms with E-state index in [1.54, 1.807) is 0 Å². The normalized spacial score (nSPS) is 13.2. The Morgan fingerprint density at radius 3 is 1.00 bits per heavy atom. The fourth-order valence-corrected chi connectivity index (χ4v) is 118. The first kappa shape index (κ1) is 13.7. The molecule has 0 atom stereocenters. The van der Waals surface area contributed by atoms with Crippen LogP contribution in [0, 0.1) is 0 Å². The van der Waals surface area contributed by atoms with Gasteiger partial charge in [0.25, 0.3) is 0 Å². The molecule has 0 amide bonds. The molecule has 0 aliphatic heterocycles. The predicted octanol–water partition coefficient (Wildman–Crippen LogP) is 1.76. The molecule has 0 rings (SSSR count). The van der Waals surface area contributed by atoms with Gasteiger partial charge in [0.05, 0.1) is 0 Å². The summed E-state index contributed by atoms with van der Waals surface area (Å²) >= 11 is -0.0880. The summed E-state index contributed by atoms with van der Waals surface area (Å²) in [5.74, 6) is 0. The van der Waals surface area contributed by atoms with Crippen molar-refractivity contribution in [1.29, 1.82) is 0 Å². The summed E-state index contributed by atoms with van der Waals surface area (Å²) in [6.45, 7) is 16.1. The monoisotopic (exact) mass is 400 g/mol. The summed E-state index contributed by atoms with van der Waals surface area (Å²) in [7, 11) is -0.565. The van der Waals surface area contributed by atoms with Crippen LogP contribution >= 0.6 is 0 Å². The predicted molar refractivity (Wildman–Crippen MR) is 68.2 cm³/mol. The van der Waals surface area contributed by atoms with Crippen molar-refractivity contribution >= 4 is 28.8 Å². The van der Waals surface area contributed by atoms with Gasteiger partial charge in [-0.2, -0.15) is 0 Å². The quantitative estimate of drug-likeness (QED) is 0.633. The fourth-order valence-electron chi connectivity index (χ4n) is 2.87. The van der Waals surface area contributed by atoms with E-state index in [-0.39, 0.29) is 47.0 Å². The third kappa shape index (κ3) is 2.62. The second kappa shape index (κ2) is 5.58. The topological polar surface area (TPSA) is 0 Å². The number of hydrogen-bond acceptors (Lipinski definition) is 0. The van der Waals surface area contributed by atoms with E-state index in [0.717, 1.165) is 0 Å². The van der Waals surface area contributed by atoms with Crippen LogP contribution in [-0.4, -0.2) is 28.8 Å². The van der Waals surface area contributed by atoms with Crippen molar-refractivity contribution in [1.82, 2.24) is 0 Å². The molecule has 0 saturated heterocycles. The first-order valence-electron chi connectivity index (χ1n) is 5.08. The number of hydrogen-bond donors (Lipinski definition) is 0. The van der Waals surface area contributed by atoms with E-state index >= 15 is 0 Å². The van der Waals surface area contributed by atoms with Crippen LogP contribution in [0.25, 0.3) is 0 Å². The van der Waals surface area contributed by atoms with Gasteiger partial charge in [-0.25, -0.2) is 0 Å². The summed E-state index contributed by atoms with van der Waals surface area (Å²) < 4.78 is 2.30. The Morgan fingerprint density at radius 2 is 1.00 bits per heavy atom. The second-order valence-electron chi connectivity index (χ2n) is 4.65. The Bertz CT molecular complexity index is 114. The van der Waals surface area contributed by atoms with Gasteiger partial charge >= 0.3 is 94.8 Å². The van der Waals surface area contributed by atoms with Crippen molar-refractivity contribution < 1.29 is 22.1 Å². The Balaban J connectivity index is 4.77. The molecule has 0 N–H and O–H groups in total. The molecule has 0 fully saturated rings. The van der Waals surface area contributed by atoms with E-state index in [9.17, 15) is 0 Å². The van der Waals surface area contributed by atoms with E-state index < -0.39 is 3.81 Å². The molecule has 0 saturated carbocycles. The van der Waals surface area contributed by atoms with Crippen molar-refractivity contribution in [3.05, 3.63) is 0 Å². The molecule has 0 aromatic rings. The van der Waals surface area contributed by atoms with Crippen molar-refractivity contribution in [2.75, 3.05) is 0 Å². The molecule has 0 aromatic carbocycles. The molecule has 0 heterocycles. The maximum absolute atomic E-state index is 2.69. The van der Waals surface area contributed by atoms with E-state index in [2.05, 4.69) is 44.0 Å². The van der Waals surface area contributed by atoms with Crippen LogP contribution in [0.3, 0.4) is 0 Å². The van der Waals surface area contributed by atoms with Crippen molar-refractivity contribution in [2.24, 2.45) is 0 Å². The molecule has 0 aliphatic carbocycles. The Hall–Kier alpha value is 1.74. The standard InChI is InChI=1S/C6H21Si4.CH3.Hf/c1-7(2)10(8(3)4)9(5)6;;/h7-9H,1-6H3;1H3;. The van der Waals surface area contributed by atoms with Gasteiger partial charge in [0.15, 0.2) is 0 Å². The van der Waals surface area contributed by atoms with Crippen LogP contribution in [0.4, 0.5) is 0 Å². The molecule has 12 heavy (non-hydrogen) atoms. The summed E-state index contributed by atoms with van der Waals surface area (Å²) in [4.78, 5) is 0. The van der Waals surface area contributed by atoms with Crippen LogP contribution in [0.2, 0.25) is 44.0 Å². The van der Waals surface area contributed by atoms with Crippen LogP contribution < -0.4 is 0 Å². The van der Waals surface area contributed by atoms with Gasteiger partial charge in [-0.05, 0) is 0 Å². The minimum atomic E-state index is -0.390. The average Bonchev–Trinajstić information content (AvgIpc) is 1.86. The van der Waals surface area contributed by atoms with Crippen molar-refractivity contribution in [2.45, 2.75) is 44.0 Å². The zero-order valence-electron chi connectivity index (χ0n) is 9.73. The van der Waals surface area contributed by atoms with E-state index in [0.29, 0.717) is 0 Å². The molecule has 5 heteroatoms. The average molecular weight is 399 g/mol. The van der Waals surface area contributed by atoms with Gasteiger partial charge in [0.1, 0.15) is 0 Å². The van der Waals surface area contributed by atoms with Gasteiger partial charge in [-0.15, -0.1) is 0 Å². The second-order valence-corrected chi connectivity index (χ2v) is 72.3. The summed E-state index contributed by atoms with van der Waals surface area (Å²) in [6.07, 6.45) is 0. The molecule has 0 aliphatic rings. The Labute approximate surface area is 94.1 Å². The van der Waals surface area contributed by atoms with Gasteiger partial charge in [-0.3, -0.25) is 0 Å². The molecule has 0 bridgehead atoms.